The highest BCUT2D eigenvalue weighted by molar-refractivity contribution is 6.03. The minimum absolute atomic E-state index is 0.202. The van der Waals surface area contributed by atoms with E-state index in [1.54, 1.807) is 12.1 Å². The van der Waals surface area contributed by atoms with Crippen LogP contribution in [0.5, 0.6) is 0 Å². The van der Waals surface area contributed by atoms with Crippen LogP contribution in [-0.2, 0) is 6.42 Å². The number of benzene rings is 1. The van der Waals surface area contributed by atoms with Gasteiger partial charge in [-0.2, -0.15) is 0 Å². The number of amides is 1. The first-order valence-electron chi connectivity index (χ1n) is 6.83. The van der Waals surface area contributed by atoms with Crippen molar-refractivity contribution in [1.82, 2.24) is 10.9 Å². The maximum Gasteiger partial charge on any atom is 0.305 e. The Kier molecular flexibility index (Phi) is 3.25. The number of nitrogens with zero attached hydrogens (tertiary/aromatic N) is 1. The number of hydrogen-bond donors (Lipinski definition) is 2. The molecule has 2 N–H and O–H groups in total. The summed E-state index contributed by atoms with van der Waals surface area (Å²) in [6, 6.07) is 11.3. The minimum Gasteiger partial charge on any atom is -0.459 e. The molecule has 1 aromatic heterocycles. The predicted octanol–water partition coefficient (Wildman–Crippen LogP) is 2.30. The van der Waals surface area contributed by atoms with Gasteiger partial charge in [0.05, 0.1) is 11.8 Å². The zero-order chi connectivity index (χ0) is 14.9. The SMILES string of the molecule is CC1(C)Cc2ccccc2C(NNC(=O)c2ccco2)=N1. The highest BCUT2D eigenvalue weighted by atomic mass is 16.3. The van der Waals surface area contributed by atoms with Crippen LogP contribution in [0.15, 0.2) is 52.1 Å². The summed E-state index contributed by atoms with van der Waals surface area (Å²) in [6.07, 6.45) is 2.34. The number of carbonyl (C=O) groups is 1. The van der Waals surface area contributed by atoms with Crippen molar-refractivity contribution in [3.8, 4) is 0 Å². The lowest BCUT2D eigenvalue weighted by atomic mass is 9.89. The average Bonchev–Trinajstić information content (AvgIpc) is 2.97. The lowest BCUT2D eigenvalue weighted by Crippen LogP contribution is -2.45. The zero-order valence-electron chi connectivity index (χ0n) is 12.0. The first-order chi connectivity index (χ1) is 10.1. The fourth-order valence-corrected chi connectivity index (χ4v) is 2.45. The lowest BCUT2D eigenvalue weighted by Gasteiger charge is -2.29. The Bertz CT molecular complexity index is 687. The molecule has 1 aliphatic heterocycles. The summed E-state index contributed by atoms with van der Waals surface area (Å²) in [4.78, 5) is 16.6. The Balaban J connectivity index is 1.80. The van der Waals surface area contributed by atoms with E-state index in [4.69, 9.17) is 4.42 Å². The number of aliphatic imine (C=N–C) groups is 1. The topological polar surface area (TPSA) is 66.6 Å². The first-order valence-corrected chi connectivity index (χ1v) is 6.83. The van der Waals surface area contributed by atoms with Crippen molar-refractivity contribution >= 4 is 11.7 Å². The van der Waals surface area contributed by atoms with Crippen molar-refractivity contribution in [1.29, 1.82) is 0 Å². The zero-order valence-corrected chi connectivity index (χ0v) is 12.0. The van der Waals surface area contributed by atoms with Gasteiger partial charge < -0.3 is 4.42 Å². The number of hydrogen-bond acceptors (Lipinski definition) is 4. The average molecular weight is 283 g/mol. The molecule has 5 nitrogen and oxygen atoms in total. The molecule has 0 saturated carbocycles. The van der Waals surface area contributed by atoms with Gasteiger partial charge in [-0.15, -0.1) is 0 Å². The molecule has 0 bridgehead atoms. The molecule has 1 aromatic carbocycles. The molecular formula is C16H17N3O2. The standard InChI is InChI=1S/C16H17N3O2/c1-16(2)10-11-6-3-4-7-12(11)14(17-16)18-19-15(20)13-8-5-9-21-13/h3-9H,10H2,1-2H3,(H,17,18)(H,19,20). The van der Waals surface area contributed by atoms with Crippen molar-refractivity contribution in [2.75, 3.05) is 0 Å². The Morgan fingerprint density at radius 1 is 1.24 bits per heavy atom. The Morgan fingerprint density at radius 3 is 2.81 bits per heavy atom. The molecule has 0 aliphatic carbocycles. The van der Waals surface area contributed by atoms with E-state index in [1.165, 1.54) is 11.8 Å². The molecule has 0 fully saturated rings. The van der Waals surface area contributed by atoms with Gasteiger partial charge in [-0.25, -0.2) is 0 Å². The molecular weight excluding hydrogens is 266 g/mol. The summed E-state index contributed by atoms with van der Waals surface area (Å²) in [5, 5.41) is 0. The minimum atomic E-state index is -0.330. The molecule has 2 heterocycles. The normalized spacial score (nSPS) is 15.8. The quantitative estimate of drug-likeness (QED) is 0.789. The summed E-state index contributed by atoms with van der Waals surface area (Å²) < 4.78 is 5.05. The molecule has 0 spiro atoms. The lowest BCUT2D eigenvalue weighted by molar-refractivity contribution is 0.0915. The third kappa shape index (κ3) is 2.81. The molecule has 2 aromatic rings. The van der Waals surface area contributed by atoms with Gasteiger partial charge in [-0.05, 0) is 38.0 Å². The molecule has 21 heavy (non-hydrogen) atoms. The van der Waals surface area contributed by atoms with Gasteiger partial charge in [0.2, 0.25) is 0 Å². The first kappa shape index (κ1) is 13.4. The van der Waals surface area contributed by atoms with Crippen LogP contribution in [-0.4, -0.2) is 17.3 Å². The number of hydrazine groups is 1. The van der Waals surface area contributed by atoms with Gasteiger partial charge >= 0.3 is 5.91 Å². The Labute approximate surface area is 123 Å². The van der Waals surface area contributed by atoms with Gasteiger partial charge in [0.1, 0.15) is 5.84 Å². The summed E-state index contributed by atoms with van der Waals surface area (Å²) in [7, 11) is 0. The third-order valence-electron chi connectivity index (χ3n) is 3.35. The number of nitrogens with one attached hydrogen (secondary N) is 2. The molecule has 0 atom stereocenters. The van der Waals surface area contributed by atoms with Gasteiger partial charge in [-0.3, -0.25) is 20.6 Å². The summed E-state index contributed by atoms with van der Waals surface area (Å²) in [5.74, 6) is 0.594. The number of furan rings is 1. The highest BCUT2D eigenvalue weighted by Crippen LogP contribution is 2.25. The van der Waals surface area contributed by atoms with Gasteiger partial charge in [0.25, 0.3) is 0 Å². The molecule has 108 valence electrons. The third-order valence-corrected chi connectivity index (χ3v) is 3.35. The number of rotatable bonds is 1. The second-order valence-corrected chi connectivity index (χ2v) is 5.66. The maximum absolute atomic E-state index is 11.9. The van der Waals surface area contributed by atoms with Crippen LogP contribution < -0.4 is 10.9 Å². The number of amidine groups is 1. The van der Waals surface area contributed by atoms with Crippen LogP contribution >= 0.6 is 0 Å². The van der Waals surface area contributed by atoms with Crippen molar-refractivity contribution in [3.63, 3.8) is 0 Å². The van der Waals surface area contributed by atoms with E-state index in [2.05, 4.69) is 35.8 Å². The van der Waals surface area contributed by atoms with E-state index < -0.39 is 0 Å². The van der Waals surface area contributed by atoms with E-state index in [-0.39, 0.29) is 17.2 Å². The van der Waals surface area contributed by atoms with E-state index in [0.29, 0.717) is 5.84 Å². The van der Waals surface area contributed by atoms with E-state index >= 15 is 0 Å². The van der Waals surface area contributed by atoms with Crippen LogP contribution in [0.3, 0.4) is 0 Å². The smallest absolute Gasteiger partial charge is 0.305 e. The predicted molar refractivity (Wildman–Crippen MR) is 80.1 cm³/mol. The maximum atomic E-state index is 11.9. The van der Waals surface area contributed by atoms with Crippen LogP contribution in [0.4, 0.5) is 0 Å². The van der Waals surface area contributed by atoms with Crippen molar-refractivity contribution in [3.05, 3.63) is 59.5 Å². The van der Waals surface area contributed by atoms with Crippen molar-refractivity contribution in [2.24, 2.45) is 4.99 Å². The molecule has 1 aliphatic rings. The molecule has 0 saturated heterocycles. The van der Waals surface area contributed by atoms with E-state index in [1.807, 2.05) is 18.2 Å². The van der Waals surface area contributed by atoms with Crippen molar-refractivity contribution < 1.29 is 9.21 Å². The van der Waals surface area contributed by atoms with E-state index in [9.17, 15) is 4.79 Å². The molecule has 0 radical (unpaired) electrons. The monoisotopic (exact) mass is 283 g/mol. The molecule has 1 amide bonds. The van der Waals surface area contributed by atoms with Gasteiger partial charge in [0.15, 0.2) is 5.76 Å². The summed E-state index contributed by atoms with van der Waals surface area (Å²) >= 11 is 0. The second-order valence-electron chi connectivity index (χ2n) is 5.66. The fourth-order valence-electron chi connectivity index (χ4n) is 2.45. The number of fused-ring (bicyclic) bond motifs is 1. The number of carbonyl (C=O) groups excluding carboxylic acids is 1. The Hall–Kier alpha value is -2.56. The van der Waals surface area contributed by atoms with Crippen LogP contribution in [0.1, 0.15) is 35.5 Å². The summed E-state index contributed by atoms with van der Waals surface area (Å²) in [6.45, 7) is 4.14. The molecule has 5 heteroatoms. The largest absolute Gasteiger partial charge is 0.459 e. The molecule has 3 rings (SSSR count). The van der Waals surface area contributed by atoms with E-state index in [0.717, 1.165) is 12.0 Å². The highest BCUT2D eigenvalue weighted by Gasteiger charge is 2.26. The van der Waals surface area contributed by atoms with Gasteiger partial charge in [-0.1, -0.05) is 24.3 Å². The van der Waals surface area contributed by atoms with Crippen LogP contribution in [0.2, 0.25) is 0 Å². The van der Waals surface area contributed by atoms with Crippen LogP contribution in [0, 0.1) is 0 Å². The Morgan fingerprint density at radius 2 is 2.05 bits per heavy atom. The van der Waals surface area contributed by atoms with Gasteiger partial charge in [0, 0.05) is 5.56 Å². The fraction of sp³-hybridized carbons (Fsp3) is 0.250. The van der Waals surface area contributed by atoms with Crippen LogP contribution in [0.25, 0.3) is 0 Å². The molecule has 0 unspecified atom stereocenters. The summed E-state index contributed by atoms with van der Waals surface area (Å²) in [5.41, 5.74) is 7.56. The second kappa shape index (κ2) is 5.09. The van der Waals surface area contributed by atoms with Crippen molar-refractivity contribution in [2.45, 2.75) is 25.8 Å².